The molecule has 2 rings (SSSR count). The summed E-state index contributed by atoms with van der Waals surface area (Å²) in [7, 11) is 0. The minimum atomic E-state index is -0.177. The summed E-state index contributed by atoms with van der Waals surface area (Å²) in [6.07, 6.45) is 3.83. The van der Waals surface area contributed by atoms with Crippen LogP contribution in [0.5, 0.6) is 0 Å². The highest BCUT2D eigenvalue weighted by atomic mass is 79.9. The first-order valence-corrected chi connectivity index (χ1v) is 6.41. The van der Waals surface area contributed by atoms with Gasteiger partial charge in [0, 0.05) is 6.42 Å². The number of carbonyl (C=O) groups is 1. The molecule has 0 radical (unpaired) electrons. The van der Waals surface area contributed by atoms with Crippen molar-refractivity contribution in [1.29, 1.82) is 0 Å². The maximum absolute atomic E-state index is 12.0. The van der Waals surface area contributed by atoms with Gasteiger partial charge in [-0.2, -0.15) is 0 Å². The molecule has 0 saturated carbocycles. The third-order valence-electron chi connectivity index (χ3n) is 2.58. The summed E-state index contributed by atoms with van der Waals surface area (Å²) in [6.45, 7) is 3.86. The average molecular weight is 309 g/mol. The zero-order chi connectivity index (χ0) is 13.1. The fourth-order valence-corrected chi connectivity index (χ4v) is 1.86. The van der Waals surface area contributed by atoms with Crippen molar-refractivity contribution in [3.05, 3.63) is 46.1 Å². The van der Waals surface area contributed by atoms with Gasteiger partial charge in [0.1, 0.15) is 10.4 Å². The van der Waals surface area contributed by atoms with Gasteiger partial charge in [0.05, 0.1) is 23.7 Å². The lowest BCUT2D eigenvalue weighted by Gasteiger charge is -2.06. The normalized spacial score (nSPS) is 10.4. The molecule has 1 N–H and O–H groups in total. The molecular formula is C13H13BrN2O2. The number of halogens is 1. The Morgan fingerprint density at radius 1 is 1.56 bits per heavy atom. The molecule has 0 aliphatic carbocycles. The van der Waals surface area contributed by atoms with Gasteiger partial charge in [-0.1, -0.05) is 6.92 Å². The van der Waals surface area contributed by atoms with E-state index in [0.29, 0.717) is 23.4 Å². The van der Waals surface area contributed by atoms with Crippen LogP contribution >= 0.6 is 15.9 Å². The quantitative estimate of drug-likeness (QED) is 0.882. The maximum atomic E-state index is 12.0. The second kappa shape index (κ2) is 5.35. The summed E-state index contributed by atoms with van der Waals surface area (Å²) in [5, 5.41) is 2.80. The molecule has 94 valence electrons. The van der Waals surface area contributed by atoms with Crippen molar-refractivity contribution < 1.29 is 9.21 Å². The van der Waals surface area contributed by atoms with Crippen molar-refractivity contribution in [2.24, 2.45) is 0 Å². The second-order valence-electron chi connectivity index (χ2n) is 3.90. The summed E-state index contributed by atoms with van der Waals surface area (Å²) in [5.41, 5.74) is 2.21. The number of aryl methyl sites for hydroxylation is 2. The summed E-state index contributed by atoms with van der Waals surface area (Å²) >= 11 is 3.32. The van der Waals surface area contributed by atoms with Gasteiger partial charge in [0.15, 0.2) is 0 Å². The molecule has 0 bridgehead atoms. The molecule has 0 fully saturated rings. The summed E-state index contributed by atoms with van der Waals surface area (Å²) in [6, 6.07) is 3.54. The van der Waals surface area contributed by atoms with Crippen molar-refractivity contribution in [3.8, 4) is 0 Å². The van der Waals surface area contributed by atoms with Crippen molar-refractivity contribution in [2.45, 2.75) is 20.3 Å². The van der Waals surface area contributed by atoms with Crippen LogP contribution in [-0.2, 0) is 6.42 Å². The lowest BCUT2D eigenvalue weighted by Crippen LogP contribution is -2.13. The first-order valence-electron chi connectivity index (χ1n) is 5.61. The molecular weight excluding hydrogens is 296 g/mol. The number of rotatable bonds is 3. The van der Waals surface area contributed by atoms with E-state index >= 15 is 0 Å². The minimum absolute atomic E-state index is 0.177. The molecule has 4 nitrogen and oxygen atoms in total. The number of carbonyl (C=O) groups excluding carboxylic acids is 1. The largest absolute Gasteiger partial charge is 0.469 e. The fraction of sp³-hybridized carbons (Fsp3) is 0.231. The Morgan fingerprint density at radius 3 is 3.00 bits per heavy atom. The standard InChI is InChI=1S/C13H13BrN2O2/c1-3-11-10(4-5-18-11)13(17)16-9-6-8(2)12(14)15-7-9/h4-7H,3H2,1-2H3,(H,16,17). The highest BCUT2D eigenvalue weighted by Gasteiger charge is 2.13. The van der Waals surface area contributed by atoms with Crippen LogP contribution in [0.25, 0.3) is 0 Å². The molecule has 1 amide bonds. The topological polar surface area (TPSA) is 55.1 Å². The summed E-state index contributed by atoms with van der Waals surface area (Å²) in [5.74, 6) is 0.512. The summed E-state index contributed by atoms with van der Waals surface area (Å²) < 4.78 is 6.01. The number of pyridine rings is 1. The highest BCUT2D eigenvalue weighted by molar-refractivity contribution is 9.10. The molecule has 18 heavy (non-hydrogen) atoms. The molecule has 0 aliphatic rings. The lowest BCUT2D eigenvalue weighted by atomic mass is 10.2. The smallest absolute Gasteiger partial charge is 0.259 e. The van der Waals surface area contributed by atoms with Crippen LogP contribution in [0.2, 0.25) is 0 Å². The van der Waals surface area contributed by atoms with E-state index in [-0.39, 0.29) is 5.91 Å². The Bertz CT molecular complexity index is 578. The van der Waals surface area contributed by atoms with Gasteiger partial charge in [-0.05, 0) is 40.5 Å². The van der Waals surface area contributed by atoms with Crippen LogP contribution in [0.4, 0.5) is 5.69 Å². The number of anilines is 1. The van der Waals surface area contributed by atoms with Crippen molar-refractivity contribution >= 4 is 27.5 Å². The van der Waals surface area contributed by atoms with Crippen LogP contribution in [-0.4, -0.2) is 10.9 Å². The predicted octanol–water partition coefficient (Wildman–Crippen LogP) is 3.56. The predicted molar refractivity (Wildman–Crippen MR) is 72.7 cm³/mol. The van der Waals surface area contributed by atoms with E-state index in [4.69, 9.17) is 4.42 Å². The third kappa shape index (κ3) is 2.61. The first kappa shape index (κ1) is 12.8. The van der Waals surface area contributed by atoms with E-state index < -0.39 is 0 Å². The number of hydrogen-bond acceptors (Lipinski definition) is 3. The van der Waals surface area contributed by atoms with Crippen LogP contribution < -0.4 is 5.32 Å². The molecule has 2 heterocycles. The number of amides is 1. The van der Waals surface area contributed by atoms with E-state index in [2.05, 4.69) is 26.2 Å². The van der Waals surface area contributed by atoms with E-state index in [1.807, 2.05) is 19.9 Å². The first-order chi connectivity index (χ1) is 8.61. The average Bonchev–Trinajstić information content (AvgIpc) is 2.82. The Hall–Kier alpha value is -1.62. The molecule has 0 saturated heterocycles. The monoisotopic (exact) mass is 308 g/mol. The molecule has 0 spiro atoms. The minimum Gasteiger partial charge on any atom is -0.469 e. The van der Waals surface area contributed by atoms with E-state index in [9.17, 15) is 4.79 Å². The maximum Gasteiger partial charge on any atom is 0.259 e. The van der Waals surface area contributed by atoms with E-state index in [0.717, 1.165) is 10.2 Å². The Kier molecular flexibility index (Phi) is 3.81. The highest BCUT2D eigenvalue weighted by Crippen LogP contribution is 2.18. The van der Waals surface area contributed by atoms with Gasteiger partial charge in [0.25, 0.3) is 5.91 Å². The fourth-order valence-electron chi connectivity index (χ4n) is 1.64. The summed E-state index contributed by atoms with van der Waals surface area (Å²) in [4.78, 5) is 16.2. The molecule has 2 aromatic heterocycles. The lowest BCUT2D eigenvalue weighted by molar-refractivity contribution is 0.102. The zero-order valence-corrected chi connectivity index (χ0v) is 11.7. The second-order valence-corrected chi connectivity index (χ2v) is 4.65. The molecule has 5 heteroatoms. The number of furan rings is 1. The number of hydrogen-bond donors (Lipinski definition) is 1. The number of aromatic nitrogens is 1. The molecule has 0 atom stereocenters. The van der Waals surface area contributed by atoms with Gasteiger partial charge >= 0.3 is 0 Å². The van der Waals surface area contributed by atoms with Gasteiger partial charge in [0.2, 0.25) is 0 Å². The van der Waals surface area contributed by atoms with Gasteiger partial charge in [-0.3, -0.25) is 4.79 Å². The van der Waals surface area contributed by atoms with Crippen molar-refractivity contribution in [3.63, 3.8) is 0 Å². The van der Waals surface area contributed by atoms with Gasteiger partial charge in [-0.15, -0.1) is 0 Å². The van der Waals surface area contributed by atoms with E-state index in [1.54, 1.807) is 12.3 Å². The van der Waals surface area contributed by atoms with Gasteiger partial charge in [-0.25, -0.2) is 4.98 Å². The number of nitrogens with one attached hydrogen (secondary N) is 1. The molecule has 0 aliphatic heterocycles. The Labute approximate surface area is 114 Å². The van der Waals surface area contributed by atoms with Crippen molar-refractivity contribution in [2.75, 3.05) is 5.32 Å². The Morgan fingerprint density at radius 2 is 2.33 bits per heavy atom. The van der Waals surface area contributed by atoms with Crippen LogP contribution in [0.3, 0.4) is 0 Å². The molecule has 2 aromatic rings. The SMILES string of the molecule is CCc1occc1C(=O)Nc1cnc(Br)c(C)c1. The van der Waals surface area contributed by atoms with Crippen LogP contribution in [0, 0.1) is 6.92 Å². The van der Waals surface area contributed by atoms with Crippen molar-refractivity contribution in [1.82, 2.24) is 4.98 Å². The van der Waals surface area contributed by atoms with Gasteiger partial charge < -0.3 is 9.73 Å². The van der Waals surface area contributed by atoms with Crippen LogP contribution in [0.15, 0.2) is 33.6 Å². The number of nitrogens with zero attached hydrogens (tertiary/aromatic N) is 1. The zero-order valence-electron chi connectivity index (χ0n) is 10.2. The molecule has 0 unspecified atom stereocenters. The Balaban J connectivity index is 2.19. The van der Waals surface area contributed by atoms with Crippen LogP contribution in [0.1, 0.15) is 28.6 Å². The third-order valence-corrected chi connectivity index (χ3v) is 3.41. The van der Waals surface area contributed by atoms with E-state index in [1.165, 1.54) is 6.26 Å². The molecule has 0 aromatic carbocycles.